The molecule has 0 spiro atoms. The number of benzene rings is 7. The first-order chi connectivity index (χ1) is 20.8. The summed E-state index contributed by atoms with van der Waals surface area (Å²) >= 11 is 0. The molecule has 3 nitrogen and oxygen atoms in total. The molecule has 0 bridgehead atoms. The average molecular weight is 540 g/mol. The van der Waals surface area contributed by atoms with E-state index in [9.17, 15) is 0 Å². The van der Waals surface area contributed by atoms with Gasteiger partial charge in [-0.2, -0.15) is 0 Å². The van der Waals surface area contributed by atoms with Gasteiger partial charge in [0, 0.05) is 16.9 Å². The van der Waals surface area contributed by atoms with Crippen LogP contribution in [0, 0.1) is 0 Å². The number of fused-ring (bicyclic) bond motifs is 3. The molecule has 0 amide bonds. The monoisotopic (exact) mass is 540 g/mol. The second-order valence-electron chi connectivity index (χ2n) is 10.2. The maximum atomic E-state index is 9.10. The maximum absolute atomic E-state index is 9.10. The van der Waals surface area contributed by atoms with E-state index >= 15 is 0 Å². The summed E-state index contributed by atoms with van der Waals surface area (Å²) in [6, 6.07) is 54.9. The summed E-state index contributed by atoms with van der Waals surface area (Å²) < 4.78 is 5.19. The highest BCUT2D eigenvalue weighted by molar-refractivity contribution is 6.17. The molecule has 0 heterocycles. The van der Waals surface area contributed by atoms with Crippen molar-refractivity contribution in [3.8, 4) is 28.0 Å². The smallest absolute Gasteiger partial charge is 0.537 e. The van der Waals surface area contributed by atoms with Gasteiger partial charge in [0.2, 0.25) is 0 Å². The van der Waals surface area contributed by atoms with E-state index in [2.05, 4.69) is 132 Å². The Bertz CT molecular complexity index is 1990. The molecule has 0 aliphatic heterocycles. The second-order valence-corrected chi connectivity index (χ2v) is 10.2. The highest BCUT2D eigenvalue weighted by atomic mass is 16.5. The molecule has 0 atom stereocenters. The highest BCUT2D eigenvalue weighted by Gasteiger charge is 2.18. The fourth-order valence-corrected chi connectivity index (χ4v) is 5.78. The van der Waals surface area contributed by atoms with Crippen molar-refractivity contribution < 1.29 is 9.68 Å². The molecule has 0 aromatic heterocycles. The van der Waals surface area contributed by atoms with Gasteiger partial charge in [0.1, 0.15) is 5.75 Å². The Morgan fingerprint density at radius 3 is 1.79 bits per heavy atom. The lowest BCUT2D eigenvalue weighted by atomic mass is 9.93. The molecule has 7 aromatic carbocycles. The fourth-order valence-electron chi connectivity index (χ4n) is 5.78. The van der Waals surface area contributed by atoms with E-state index in [0.717, 1.165) is 28.2 Å². The number of anilines is 3. The van der Waals surface area contributed by atoms with Gasteiger partial charge in [-0.15, -0.1) is 0 Å². The number of para-hydroxylation sites is 1. The third-order valence-electron chi connectivity index (χ3n) is 7.72. The van der Waals surface area contributed by atoms with Crippen LogP contribution in [0.25, 0.3) is 43.8 Å². The van der Waals surface area contributed by atoms with Crippen molar-refractivity contribution in [1.29, 1.82) is 0 Å². The molecule has 4 heteroatoms. The molecule has 7 aromatic rings. The zero-order chi connectivity index (χ0) is 28.3. The summed E-state index contributed by atoms with van der Waals surface area (Å²) in [6.45, 7) is 0. The van der Waals surface area contributed by atoms with E-state index in [0.29, 0.717) is 13.4 Å². The van der Waals surface area contributed by atoms with Crippen LogP contribution < -0.4 is 9.55 Å². The molecule has 0 fully saturated rings. The van der Waals surface area contributed by atoms with Gasteiger partial charge >= 0.3 is 7.69 Å². The summed E-state index contributed by atoms with van der Waals surface area (Å²) in [4.78, 5) is 2.26. The van der Waals surface area contributed by atoms with Crippen molar-refractivity contribution >= 4 is 46.3 Å². The molecule has 0 saturated carbocycles. The largest absolute Gasteiger partial charge is 0.569 e. The first-order valence-electron chi connectivity index (χ1n) is 14.0. The molecule has 42 heavy (non-hydrogen) atoms. The predicted molar refractivity (Wildman–Crippen MR) is 176 cm³/mol. The SMILES string of the molecule is O[B]Oc1ccc(N(c2ccc(-c3cc4ccccc4c4ccccc34)cc2)c2ccccc2-c2ccccc2)cc1. The summed E-state index contributed by atoms with van der Waals surface area (Å²) in [7, 11) is 0.701. The van der Waals surface area contributed by atoms with Gasteiger partial charge in [-0.1, -0.05) is 109 Å². The summed E-state index contributed by atoms with van der Waals surface area (Å²) in [5, 5.41) is 14.1. The van der Waals surface area contributed by atoms with Crippen LogP contribution in [0.4, 0.5) is 17.1 Å². The minimum Gasteiger partial charge on any atom is -0.537 e. The maximum Gasteiger partial charge on any atom is 0.569 e. The Hall–Kier alpha value is -5.32. The van der Waals surface area contributed by atoms with Crippen molar-refractivity contribution in [3.63, 3.8) is 0 Å². The first kappa shape index (κ1) is 25.6. The molecular weight excluding hydrogens is 513 g/mol. The molecule has 199 valence electrons. The predicted octanol–water partition coefficient (Wildman–Crippen LogP) is 9.70. The molecule has 7 rings (SSSR count). The summed E-state index contributed by atoms with van der Waals surface area (Å²) in [5.41, 5.74) is 7.74. The molecular formula is C38H27BNO2. The summed E-state index contributed by atoms with van der Waals surface area (Å²) in [5.74, 6) is 0.566. The van der Waals surface area contributed by atoms with E-state index in [4.69, 9.17) is 9.68 Å². The Morgan fingerprint density at radius 2 is 1.05 bits per heavy atom. The van der Waals surface area contributed by atoms with Crippen LogP contribution in [0.1, 0.15) is 0 Å². The zero-order valence-electron chi connectivity index (χ0n) is 22.9. The first-order valence-corrected chi connectivity index (χ1v) is 14.0. The van der Waals surface area contributed by atoms with Gasteiger partial charge in [-0.05, 0) is 86.8 Å². The average Bonchev–Trinajstić information content (AvgIpc) is 3.06. The standard InChI is InChI=1S/C38H27BNO2/c41-39-42-32-24-22-31(23-25-32)40(38-17-9-8-14-34(38)27-10-2-1-3-11-27)30-20-18-28(19-21-30)37-26-29-12-4-5-13-33(29)35-15-6-7-16-36(35)37/h1-26,41H. The third kappa shape index (κ3) is 4.79. The van der Waals surface area contributed by atoms with Crippen molar-refractivity contribution in [3.05, 3.63) is 158 Å². The van der Waals surface area contributed by atoms with Gasteiger partial charge in [-0.3, -0.25) is 0 Å². The Labute approximate surface area is 246 Å². The van der Waals surface area contributed by atoms with Crippen LogP contribution in [0.3, 0.4) is 0 Å². The number of rotatable bonds is 7. The fraction of sp³-hybridized carbons (Fsp3) is 0. The van der Waals surface area contributed by atoms with Crippen LogP contribution in [0.5, 0.6) is 5.75 Å². The Kier molecular flexibility index (Phi) is 6.89. The van der Waals surface area contributed by atoms with E-state index in [1.165, 1.54) is 32.7 Å². The third-order valence-corrected chi connectivity index (χ3v) is 7.72. The quantitative estimate of drug-likeness (QED) is 0.161. The van der Waals surface area contributed by atoms with E-state index in [-0.39, 0.29) is 0 Å². The second kappa shape index (κ2) is 11.3. The molecule has 1 N–H and O–H groups in total. The van der Waals surface area contributed by atoms with Crippen LogP contribution >= 0.6 is 0 Å². The minimum absolute atomic E-state index is 0.566. The van der Waals surface area contributed by atoms with E-state index < -0.39 is 0 Å². The van der Waals surface area contributed by atoms with Crippen LogP contribution in [0.15, 0.2) is 158 Å². The normalized spacial score (nSPS) is 11.0. The van der Waals surface area contributed by atoms with Crippen molar-refractivity contribution in [1.82, 2.24) is 0 Å². The van der Waals surface area contributed by atoms with Crippen molar-refractivity contribution in [2.24, 2.45) is 0 Å². The molecule has 1 radical (unpaired) electrons. The van der Waals surface area contributed by atoms with Crippen LogP contribution in [-0.4, -0.2) is 12.7 Å². The minimum atomic E-state index is 0.566. The highest BCUT2D eigenvalue weighted by Crippen LogP contribution is 2.42. The Morgan fingerprint density at radius 1 is 0.476 bits per heavy atom. The lowest BCUT2D eigenvalue weighted by molar-refractivity contribution is 0.454. The molecule has 0 unspecified atom stereocenters. The van der Waals surface area contributed by atoms with Gasteiger partial charge < -0.3 is 14.6 Å². The van der Waals surface area contributed by atoms with E-state index in [1.807, 2.05) is 30.3 Å². The van der Waals surface area contributed by atoms with Crippen LogP contribution in [-0.2, 0) is 0 Å². The van der Waals surface area contributed by atoms with Gasteiger partial charge in [0.05, 0.1) is 5.69 Å². The lowest BCUT2D eigenvalue weighted by Crippen LogP contribution is -2.11. The van der Waals surface area contributed by atoms with E-state index in [1.54, 1.807) is 0 Å². The van der Waals surface area contributed by atoms with Gasteiger partial charge in [-0.25, -0.2) is 0 Å². The lowest BCUT2D eigenvalue weighted by Gasteiger charge is -2.28. The van der Waals surface area contributed by atoms with Crippen LogP contribution in [0.2, 0.25) is 0 Å². The van der Waals surface area contributed by atoms with Gasteiger partial charge in [0.15, 0.2) is 0 Å². The van der Waals surface area contributed by atoms with Gasteiger partial charge in [0.25, 0.3) is 0 Å². The Balaban J connectivity index is 1.37. The number of hydrogen-bond acceptors (Lipinski definition) is 3. The van der Waals surface area contributed by atoms with Crippen molar-refractivity contribution in [2.75, 3.05) is 4.90 Å². The number of hydrogen-bond donors (Lipinski definition) is 1. The topological polar surface area (TPSA) is 32.7 Å². The zero-order valence-corrected chi connectivity index (χ0v) is 22.9. The molecule has 0 saturated heterocycles. The number of nitrogens with zero attached hydrogens (tertiary/aromatic N) is 1. The molecule has 0 aliphatic carbocycles. The molecule has 0 aliphatic rings. The summed E-state index contributed by atoms with van der Waals surface area (Å²) in [6.07, 6.45) is 0. The van der Waals surface area contributed by atoms with Crippen molar-refractivity contribution in [2.45, 2.75) is 0 Å².